The van der Waals surface area contributed by atoms with Crippen molar-refractivity contribution < 1.29 is 17.9 Å². The van der Waals surface area contributed by atoms with E-state index in [9.17, 15) is 13.2 Å². The molecule has 1 unspecified atom stereocenters. The fraction of sp³-hybridized carbons (Fsp3) is 0.917. The maximum atomic E-state index is 11.9. The van der Waals surface area contributed by atoms with Crippen LogP contribution in [0.4, 0.5) is 4.79 Å². The van der Waals surface area contributed by atoms with Gasteiger partial charge in [-0.1, -0.05) is 6.92 Å². The largest absolute Gasteiger partial charge is 0.450 e. The molecule has 1 atom stereocenters. The molecule has 8 heteroatoms. The van der Waals surface area contributed by atoms with Crippen LogP contribution in [0, 0.1) is 5.92 Å². The third-order valence-electron chi connectivity index (χ3n) is 3.13. The standard InChI is InChI=1S/C12H23ClN2O4S/c1-3-19-12(16)15-6-4-11(5-7-15)14-20(17,18)9-10(2)8-13/h10-11,14H,3-9H2,1-2H3. The second-order valence-electron chi connectivity index (χ2n) is 5.12. The second kappa shape index (κ2) is 8.05. The Balaban J connectivity index is 2.40. The number of sulfonamides is 1. The van der Waals surface area contributed by atoms with E-state index in [1.165, 1.54) is 0 Å². The van der Waals surface area contributed by atoms with Gasteiger partial charge in [-0.2, -0.15) is 0 Å². The first-order valence-corrected chi connectivity index (χ1v) is 9.04. The molecular formula is C12H23ClN2O4S. The van der Waals surface area contributed by atoms with Crippen LogP contribution < -0.4 is 4.72 Å². The van der Waals surface area contributed by atoms with Crippen LogP contribution in [0.5, 0.6) is 0 Å². The average molecular weight is 327 g/mol. The van der Waals surface area contributed by atoms with Gasteiger partial charge >= 0.3 is 6.09 Å². The number of carbonyl (C=O) groups excluding carboxylic acids is 1. The van der Waals surface area contributed by atoms with Crippen molar-refractivity contribution in [3.8, 4) is 0 Å². The van der Waals surface area contributed by atoms with Gasteiger partial charge in [0.1, 0.15) is 0 Å². The molecule has 118 valence electrons. The molecule has 0 aromatic heterocycles. The van der Waals surface area contributed by atoms with Crippen molar-refractivity contribution in [1.82, 2.24) is 9.62 Å². The zero-order valence-electron chi connectivity index (χ0n) is 12.0. The number of likely N-dealkylation sites (tertiary alicyclic amines) is 1. The van der Waals surface area contributed by atoms with E-state index >= 15 is 0 Å². The smallest absolute Gasteiger partial charge is 0.409 e. The number of hydrogen-bond acceptors (Lipinski definition) is 4. The molecule has 1 saturated heterocycles. The predicted octanol–water partition coefficient (Wildman–Crippen LogP) is 1.40. The molecule has 0 saturated carbocycles. The van der Waals surface area contributed by atoms with E-state index in [-0.39, 0.29) is 23.8 Å². The minimum atomic E-state index is -3.31. The Morgan fingerprint density at radius 2 is 2.05 bits per heavy atom. The van der Waals surface area contributed by atoms with Crippen LogP contribution in [0.3, 0.4) is 0 Å². The normalized spacial score (nSPS) is 18.9. The van der Waals surface area contributed by atoms with Crippen molar-refractivity contribution in [2.24, 2.45) is 5.92 Å². The lowest BCUT2D eigenvalue weighted by Gasteiger charge is -2.31. The Kier molecular flexibility index (Phi) is 7.05. The number of nitrogens with one attached hydrogen (secondary N) is 1. The van der Waals surface area contributed by atoms with E-state index in [1.54, 1.807) is 18.7 Å². The highest BCUT2D eigenvalue weighted by molar-refractivity contribution is 7.89. The van der Waals surface area contributed by atoms with Gasteiger partial charge in [-0.25, -0.2) is 17.9 Å². The summed E-state index contributed by atoms with van der Waals surface area (Å²) in [5, 5.41) is 0. The molecule has 20 heavy (non-hydrogen) atoms. The number of amides is 1. The number of halogens is 1. The zero-order valence-corrected chi connectivity index (χ0v) is 13.5. The molecule has 0 spiro atoms. The minimum absolute atomic E-state index is 0.0363. The summed E-state index contributed by atoms with van der Waals surface area (Å²) in [6.07, 6.45) is 0.880. The zero-order chi connectivity index (χ0) is 15.2. The first kappa shape index (κ1) is 17.5. The molecule has 1 aliphatic heterocycles. The summed E-state index contributed by atoms with van der Waals surface area (Å²) in [6, 6.07) is -0.117. The molecular weight excluding hydrogens is 304 g/mol. The van der Waals surface area contributed by atoms with Crippen LogP contribution in [0.15, 0.2) is 0 Å². The lowest BCUT2D eigenvalue weighted by molar-refractivity contribution is 0.0966. The maximum absolute atomic E-state index is 11.9. The number of alkyl halides is 1. The van der Waals surface area contributed by atoms with E-state index in [0.29, 0.717) is 38.4 Å². The molecule has 1 amide bonds. The molecule has 1 fully saturated rings. The molecule has 0 aromatic carbocycles. The lowest BCUT2D eigenvalue weighted by atomic mass is 10.1. The molecule has 6 nitrogen and oxygen atoms in total. The third-order valence-corrected chi connectivity index (χ3v) is 5.36. The van der Waals surface area contributed by atoms with E-state index in [0.717, 1.165) is 0 Å². The van der Waals surface area contributed by atoms with Crippen molar-refractivity contribution in [1.29, 1.82) is 0 Å². The molecule has 0 bridgehead atoms. The first-order chi connectivity index (χ1) is 9.38. The summed E-state index contributed by atoms with van der Waals surface area (Å²) in [4.78, 5) is 13.1. The van der Waals surface area contributed by atoms with Gasteiger partial charge in [-0.15, -0.1) is 11.6 Å². The molecule has 1 aliphatic rings. The highest BCUT2D eigenvalue weighted by atomic mass is 35.5. The van der Waals surface area contributed by atoms with Crippen molar-refractivity contribution in [3.05, 3.63) is 0 Å². The second-order valence-corrected chi connectivity index (χ2v) is 7.23. The summed E-state index contributed by atoms with van der Waals surface area (Å²) in [7, 11) is -3.31. The van der Waals surface area contributed by atoms with Gasteiger partial charge in [0.05, 0.1) is 12.4 Å². The molecule has 0 aromatic rings. The fourth-order valence-corrected chi connectivity index (χ4v) is 4.06. The molecule has 1 rings (SSSR count). The van der Waals surface area contributed by atoms with Crippen LogP contribution in [0.2, 0.25) is 0 Å². The summed E-state index contributed by atoms with van der Waals surface area (Å²) in [5.74, 6) is 0.283. The Hall–Kier alpha value is -0.530. The van der Waals surface area contributed by atoms with Gasteiger partial charge in [0.15, 0.2) is 0 Å². The highest BCUT2D eigenvalue weighted by Gasteiger charge is 2.27. The summed E-state index contributed by atoms with van der Waals surface area (Å²) in [5.41, 5.74) is 0. The minimum Gasteiger partial charge on any atom is -0.450 e. The van der Waals surface area contributed by atoms with E-state index in [1.807, 2.05) is 0 Å². The summed E-state index contributed by atoms with van der Waals surface area (Å²) in [6.45, 7) is 4.93. The highest BCUT2D eigenvalue weighted by Crippen LogP contribution is 2.13. The number of rotatable bonds is 6. The van der Waals surface area contributed by atoms with Gasteiger partial charge in [0.2, 0.25) is 10.0 Å². The van der Waals surface area contributed by atoms with Crippen LogP contribution in [0.1, 0.15) is 26.7 Å². The van der Waals surface area contributed by atoms with Gasteiger partial charge in [0, 0.05) is 25.0 Å². The monoisotopic (exact) mass is 326 g/mol. The van der Waals surface area contributed by atoms with E-state index < -0.39 is 10.0 Å². The van der Waals surface area contributed by atoms with Crippen molar-refractivity contribution in [2.75, 3.05) is 31.3 Å². The Morgan fingerprint density at radius 3 is 2.55 bits per heavy atom. The van der Waals surface area contributed by atoms with Crippen LogP contribution in [-0.2, 0) is 14.8 Å². The lowest BCUT2D eigenvalue weighted by Crippen LogP contribution is -2.47. The Morgan fingerprint density at radius 1 is 1.45 bits per heavy atom. The first-order valence-electron chi connectivity index (χ1n) is 6.85. The number of ether oxygens (including phenoxy) is 1. The Labute approximate surface area is 125 Å². The molecule has 1 heterocycles. The number of nitrogens with zero attached hydrogens (tertiary/aromatic N) is 1. The summed E-state index contributed by atoms with van der Waals surface area (Å²) < 4.78 is 31.4. The average Bonchev–Trinajstić information content (AvgIpc) is 2.38. The molecule has 0 aliphatic carbocycles. The SMILES string of the molecule is CCOC(=O)N1CCC(NS(=O)(=O)CC(C)CCl)CC1. The van der Waals surface area contributed by atoms with Gasteiger partial charge in [-0.05, 0) is 25.7 Å². The maximum Gasteiger partial charge on any atom is 0.409 e. The van der Waals surface area contributed by atoms with Crippen LogP contribution in [-0.4, -0.2) is 56.8 Å². The van der Waals surface area contributed by atoms with Gasteiger partial charge in [-0.3, -0.25) is 0 Å². The Bertz CT molecular complexity index is 408. The summed E-state index contributed by atoms with van der Waals surface area (Å²) >= 11 is 5.63. The topological polar surface area (TPSA) is 75.7 Å². The predicted molar refractivity (Wildman–Crippen MR) is 78.4 cm³/mol. The number of piperidine rings is 1. The van der Waals surface area contributed by atoms with Crippen molar-refractivity contribution in [2.45, 2.75) is 32.7 Å². The molecule has 1 N–H and O–H groups in total. The van der Waals surface area contributed by atoms with Crippen LogP contribution in [0.25, 0.3) is 0 Å². The quantitative estimate of drug-likeness (QED) is 0.749. The van der Waals surface area contributed by atoms with Gasteiger partial charge in [0.25, 0.3) is 0 Å². The van der Waals surface area contributed by atoms with E-state index in [4.69, 9.17) is 16.3 Å². The number of hydrogen-bond donors (Lipinski definition) is 1. The number of carbonyl (C=O) groups is 1. The van der Waals surface area contributed by atoms with Gasteiger partial charge < -0.3 is 9.64 Å². The van der Waals surface area contributed by atoms with E-state index in [2.05, 4.69) is 4.72 Å². The van der Waals surface area contributed by atoms with Crippen molar-refractivity contribution in [3.63, 3.8) is 0 Å². The van der Waals surface area contributed by atoms with Crippen molar-refractivity contribution >= 4 is 27.7 Å². The molecule has 0 radical (unpaired) electrons. The third kappa shape index (κ3) is 5.85. The fourth-order valence-electron chi connectivity index (χ4n) is 2.12. The van der Waals surface area contributed by atoms with Crippen LogP contribution >= 0.6 is 11.6 Å².